The van der Waals surface area contributed by atoms with Crippen LogP contribution in [0.1, 0.15) is 40.0 Å². The zero-order chi connectivity index (χ0) is 12.4. The van der Waals surface area contributed by atoms with Crippen LogP contribution < -0.4 is 0 Å². The maximum Gasteiger partial charge on any atom is 0.333 e. The fourth-order valence-corrected chi connectivity index (χ4v) is 0.984. The Balaban J connectivity index is 3.74. The number of carbonyl (C=O) groups excluding carboxylic acids is 2. The number of carbonyl (C=O) groups is 2. The monoisotopic (exact) mass is 228 g/mol. The molecule has 0 N–H and O–H groups in total. The van der Waals surface area contributed by atoms with E-state index in [1.807, 2.05) is 6.92 Å². The molecule has 92 valence electrons. The van der Waals surface area contributed by atoms with Crippen molar-refractivity contribution in [2.24, 2.45) is 0 Å². The molecule has 0 fully saturated rings. The number of ether oxygens (including phenoxy) is 2. The van der Waals surface area contributed by atoms with Crippen LogP contribution in [0.15, 0.2) is 11.6 Å². The Morgan fingerprint density at radius 3 is 2.38 bits per heavy atom. The molecule has 0 aliphatic carbocycles. The maximum absolute atomic E-state index is 11.3. The van der Waals surface area contributed by atoms with Crippen LogP contribution in [0.5, 0.6) is 0 Å². The van der Waals surface area contributed by atoms with E-state index in [9.17, 15) is 9.59 Å². The van der Waals surface area contributed by atoms with Crippen molar-refractivity contribution < 1.29 is 19.1 Å². The highest BCUT2D eigenvalue weighted by Crippen LogP contribution is 2.00. The van der Waals surface area contributed by atoms with Gasteiger partial charge < -0.3 is 9.47 Å². The molecule has 4 heteroatoms. The van der Waals surface area contributed by atoms with Gasteiger partial charge in [-0.1, -0.05) is 19.4 Å². The minimum absolute atomic E-state index is 0.295. The summed E-state index contributed by atoms with van der Waals surface area (Å²) in [7, 11) is 0. The van der Waals surface area contributed by atoms with Crippen LogP contribution >= 0.6 is 0 Å². The topological polar surface area (TPSA) is 52.6 Å². The third-order valence-electron chi connectivity index (χ3n) is 1.93. The summed E-state index contributed by atoms with van der Waals surface area (Å²) in [6.07, 6.45) is 4.14. The minimum Gasteiger partial charge on any atom is -0.466 e. The number of rotatable bonds is 7. The first-order valence-electron chi connectivity index (χ1n) is 5.55. The lowest BCUT2D eigenvalue weighted by atomic mass is 10.2. The van der Waals surface area contributed by atoms with Crippen LogP contribution in [0, 0.1) is 0 Å². The molecule has 0 atom stereocenters. The van der Waals surface area contributed by atoms with Crippen LogP contribution in [0.3, 0.4) is 0 Å². The van der Waals surface area contributed by atoms with E-state index in [4.69, 9.17) is 9.47 Å². The maximum atomic E-state index is 11.3. The number of esters is 2. The average Bonchev–Trinajstić information content (AvgIpc) is 2.24. The second-order valence-electron chi connectivity index (χ2n) is 3.51. The first-order valence-corrected chi connectivity index (χ1v) is 5.55. The van der Waals surface area contributed by atoms with Crippen molar-refractivity contribution >= 4 is 11.9 Å². The van der Waals surface area contributed by atoms with Gasteiger partial charge in [-0.15, -0.1) is 0 Å². The Bertz CT molecular complexity index is 256. The smallest absolute Gasteiger partial charge is 0.333 e. The Labute approximate surface area is 96.6 Å². The molecule has 0 aromatic carbocycles. The fraction of sp³-hybridized carbons (Fsp3) is 0.667. The second-order valence-corrected chi connectivity index (χ2v) is 3.51. The molecule has 0 saturated carbocycles. The Morgan fingerprint density at radius 2 is 1.81 bits per heavy atom. The third kappa shape index (κ3) is 8.03. The van der Waals surface area contributed by atoms with Crippen LogP contribution in [-0.2, 0) is 19.1 Å². The molecular formula is C12H20O4. The molecule has 0 spiro atoms. The minimum atomic E-state index is -0.309. The summed E-state index contributed by atoms with van der Waals surface area (Å²) in [5.41, 5.74) is 0.559. The molecule has 0 saturated heterocycles. The molecule has 0 aromatic heterocycles. The van der Waals surface area contributed by atoms with E-state index >= 15 is 0 Å². The van der Waals surface area contributed by atoms with Gasteiger partial charge in [0.25, 0.3) is 0 Å². The van der Waals surface area contributed by atoms with Gasteiger partial charge in [0.2, 0.25) is 0 Å². The van der Waals surface area contributed by atoms with Gasteiger partial charge in [0.05, 0.1) is 13.2 Å². The summed E-state index contributed by atoms with van der Waals surface area (Å²) in [4.78, 5) is 21.8. The predicted molar refractivity (Wildman–Crippen MR) is 60.9 cm³/mol. The molecule has 0 amide bonds. The van der Waals surface area contributed by atoms with Crippen molar-refractivity contribution in [3.63, 3.8) is 0 Å². The van der Waals surface area contributed by atoms with Gasteiger partial charge in [-0.05, 0) is 13.3 Å². The van der Waals surface area contributed by atoms with Gasteiger partial charge in [0.15, 0.2) is 0 Å². The molecule has 16 heavy (non-hydrogen) atoms. The van der Waals surface area contributed by atoms with E-state index in [0.29, 0.717) is 25.2 Å². The van der Waals surface area contributed by atoms with Gasteiger partial charge in [-0.3, -0.25) is 4.79 Å². The highest BCUT2D eigenvalue weighted by Gasteiger charge is 2.04. The summed E-state index contributed by atoms with van der Waals surface area (Å²) in [6.45, 7) is 5.85. The quantitative estimate of drug-likeness (QED) is 0.381. The van der Waals surface area contributed by atoms with Gasteiger partial charge in [0, 0.05) is 18.9 Å². The van der Waals surface area contributed by atoms with Crippen molar-refractivity contribution in [2.75, 3.05) is 13.2 Å². The second kappa shape index (κ2) is 8.95. The lowest BCUT2D eigenvalue weighted by Gasteiger charge is -2.04. The zero-order valence-corrected chi connectivity index (χ0v) is 10.2. The molecular weight excluding hydrogens is 208 g/mol. The zero-order valence-electron chi connectivity index (χ0n) is 10.2. The number of unbranched alkanes of at least 4 members (excludes halogenated alkanes) is 1. The molecule has 0 rings (SSSR count). The highest BCUT2D eigenvalue weighted by atomic mass is 16.5. The highest BCUT2D eigenvalue weighted by molar-refractivity contribution is 5.87. The molecule has 0 radical (unpaired) electrons. The molecule has 0 unspecified atom stereocenters. The summed E-state index contributed by atoms with van der Waals surface area (Å²) >= 11 is 0. The Kier molecular flexibility index (Phi) is 8.21. The molecule has 0 bridgehead atoms. The van der Waals surface area contributed by atoms with Crippen LogP contribution in [0.4, 0.5) is 0 Å². The lowest BCUT2D eigenvalue weighted by molar-refractivity contribution is -0.140. The number of hydrogen-bond acceptors (Lipinski definition) is 4. The summed E-state index contributed by atoms with van der Waals surface area (Å²) in [5.74, 6) is -0.604. The van der Waals surface area contributed by atoms with E-state index in [2.05, 4.69) is 0 Å². The first-order chi connectivity index (χ1) is 7.57. The molecule has 0 heterocycles. The van der Waals surface area contributed by atoms with Crippen molar-refractivity contribution in [3.05, 3.63) is 11.6 Å². The van der Waals surface area contributed by atoms with Crippen molar-refractivity contribution in [3.8, 4) is 0 Å². The SMILES string of the molecule is CCCCOC(=O)C(C)=CCCOC(C)=O. The van der Waals surface area contributed by atoms with Gasteiger partial charge in [-0.2, -0.15) is 0 Å². The summed E-state index contributed by atoms with van der Waals surface area (Å²) < 4.78 is 9.74. The Morgan fingerprint density at radius 1 is 1.12 bits per heavy atom. The van der Waals surface area contributed by atoms with Gasteiger partial charge >= 0.3 is 11.9 Å². The number of hydrogen-bond donors (Lipinski definition) is 0. The van der Waals surface area contributed by atoms with Crippen LogP contribution in [0.2, 0.25) is 0 Å². The van der Waals surface area contributed by atoms with E-state index in [1.165, 1.54) is 6.92 Å². The van der Waals surface area contributed by atoms with Crippen molar-refractivity contribution in [2.45, 2.75) is 40.0 Å². The van der Waals surface area contributed by atoms with Crippen molar-refractivity contribution in [1.29, 1.82) is 0 Å². The summed E-state index contributed by atoms with van der Waals surface area (Å²) in [5, 5.41) is 0. The fourth-order valence-electron chi connectivity index (χ4n) is 0.984. The van der Waals surface area contributed by atoms with E-state index in [0.717, 1.165) is 12.8 Å². The first kappa shape index (κ1) is 14.7. The van der Waals surface area contributed by atoms with Crippen LogP contribution in [0.25, 0.3) is 0 Å². The van der Waals surface area contributed by atoms with E-state index in [-0.39, 0.29) is 11.9 Å². The average molecular weight is 228 g/mol. The predicted octanol–water partition coefficient (Wildman–Crippen LogP) is 2.23. The molecule has 4 nitrogen and oxygen atoms in total. The van der Waals surface area contributed by atoms with Crippen molar-refractivity contribution in [1.82, 2.24) is 0 Å². The summed E-state index contributed by atoms with van der Waals surface area (Å²) in [6, 6.07) is 0. The molecule has 0 aliphatic heterocycles. The van der Waals surface area contributed by atoms with Gasteiger partial charge in [-0.25, -0.2) is 4.79 Å². The van der Waals surface area contributed by atoms with Gasteiger partial charge in [0.1, 0.15) is 0 Å². The van der Waals surface area contributed by atoms with E-state index < -0.39 is 0 Å². The van der Waals surface area contributed by atoms with Crippen LogP contribution in [-0.4, -0.2) is 25.2 Å². The van der Waals surface area contributed by atoms with E-state index in [1.54, 1.807) is 13.0 Å². The molecule has 0 aromatic rings. The third-order valence-corrected chi connectivity index (χ3v) is 1.93. The molecule has 0 aliphatic rings. The normalized spacial score (nSPS) is 11.1. The largest absolute Gasteiger partial charge is 0.466 e. The lowest BCUT2D eigenvalue weighted by Crippen LogP contribution is -2.07. The standard InChI is InChI=1S/C12H20O4/c1-4-5-8-16-12(14)10(2)7-6-9-15-11(3)13/h7H,4-6,8-9H2,1-3H3. The Hall–Kier alpha value is -1.32.